The average Bonchev–Trinajstić information content (AvgIpc) is 3.00. The molecule has 0 spiro atoms. The van der Waals surface area contributed by atoms with Gasteiger partial charge in [-0.25, -0.2) is 0 Å². The number of ketones is 1. The highest BCUT2D eigenvalue weighted by molar-refractivity contribution is 6.46. The number of aliphatic hydroxyl groups is 1. The molecular weight excluding hydrogens is 354 g/mol. The molecule has 0 radical (unpaired) electrons. The molecule has 4 rings (SSSR count). The molecule has 0 aliphatic carbocycles. The van der Waals surface area contributed by atoms with Gasteiger partial charge in [-0.05, 0) is 29.8 Å². The van der Waals surface area contributed by atoms with E-state index in [4.69, 9.17) is 0 Å². The molecular formula is C22H17N3O3. The summed E-state index contributed by atoms with van der Waals surface area (Å²) < 4.78 is 0. The van der Waals surface area contributed by atoms with Gasteiger partial charge >= 0.3 is 0 Å². The van der Waals surface area contributed by atoms with Crippen molar-refractivity contribution in [1.29, 1.82) is 0 Å². The summed E-state index contributed by atoms with van der Waals surface area (Å²) in [6.45, 7) is 0.157. The number of rotatable bonds is 4. The largest absolute Gasteiger partial charge is 0.507 e. The van der Waals surface area contributed by atoms with Crippen molar-refractivity contribution in [2.45, 2.75) is 12.6 Å². The topological polar surface area (TPSA) is 83.4 Å². The Hall–Kier alpha value is -3.80. The summed E-state index contributed by atoms with van der Waals surface area (Å²) in [6, 6.07) is 16.9. The highest BCUT2D eigenvalue weighted by Crippen LogP contribution is 2.39. The molecule has 1 saturated heterocycles. The first-order valence-corrected chi connectivity index (χ1v) is 8.80. The minimum Gasteiger partial charge on any atom is -0.507 e. The third kappa shape index (κ3) is 3.16. The van der Waals surface area contributed by atoms with E-state index in [1.54, 1.807) is 67.1 Å². The maximum absolute atomic E-state index is 12.9. The Labute approximate surface area is 161 Å². The summed E-state index contributed by atoms with van der Waals surface area (Å²) in [5, 5.41) is 10.9. The lowest BCUT2D eigenvalue weighted by Crippen LogP contribution is -2.29. The number of benzene rings is 1. The monoisotopic (exact) mass is 371 g/mol. The molecule has 3 aromatic rings. The van der Waals surface area contributed by atoms with E-state index in [0.29, 0.717) is 16.8 Å². The fourth-order valence-corrected chi connectivity index (χ4v) is 3.35. The minimum absolute atomic E-state index is 0.0679. The van der Waals surface area contributed by atoms with Crippen LogP contribution < -0.4 is 0 Å². The molecule has 1 N–H and O–H groups in total. The Bertz CT molecular complexity index is 1030. The SMILES string of the molecule is O=C1C(=O)N(Cc2ccccn2)C(c2ccncc2)/C1=C(\O)c1ccccc1. The minimum atomic E-state index is -0.717. The number of aromatic nitrogens is 2. The van der Waals surface area contributed by atoms with Crippen LogP contribution in [0.2, 0.25) is 0 Å². The van der Waals surface area contributed by atoms with Crippen molar-refractivity contribution in [3.63, 3.8) is 0 Å². The van der Waals surface area contributed by atoms with Crippen LogP contribution in [-0.4, -0.2) is 31.7 Å². The number of likely N-dealkylation sites (tertiary alicyclic amines) is 1. The van der Waals surface area contributed by atoms with E-state index >= 15 is 0 Å². The van der Waals surface area contributed by atoms with Crippen LogP contribution in [0.1, 0.15) is 22.9 Å². The summed E-state index contributed by atoms with van der Waals surface area (Å²) in [6.07, 6.45) is 4.83. The van der Waals surface area contributed by atoms with Gasteiger partial charge in [0.05, 0.1) is 23.9 Å². The molecule has 1 unspecified atom stereocenters. The average molecular weight is 371 g/mol. The smallest absolute Gasteiger partial charge is 0.296 e. The number of hydrogen-bond donors (Lipinski definition) is 1. The van der Waals surface area contributed by atoms with Crippen LogP contribution in [0.4, 0.5) is 0 Å². The van der Waals surface area contributed by atoms with Gasteiger partial charge in [-0.3, -0.25) is 19.6 Å². The van der Waals surface area contributed by atoms with Crippen LogP contribution in [0, 0.1) is 0 Å². The van der Waals surface area contributed by atoms with Crippen LogP contribution >= 0.6 is 0 Å². The van der Waals surface area contributed by atoms with Crippen molar-refractivity contribution in [3.8, 4) is 0 Å². The van der Waals surface area contributed by atoms with Gasteiger partial charge in [-0.1, -0.05) is 36.4 Å². The van der Waals surface area contributed by atoms with E-state index in [1.807, 2.05) is 12.1 Å². The Kier molecular flexibility index (Phi) is 4.68. The Morgan fingerprint density at radius 1 is 0.929 bits per heavy atom. The number of nitrogens with zero attached hydrogens (tertiary/aromatic N) is 3. The van der Waals surface area contributed by atoms with Crippen LogP contribution in [0.15, 0.2) is 84.8 Å². The van der Waals surface area contributed by atoms with Gasteiger partial charge in [-0.2, -0.15) is 0 Å². The second-order valence-electron chi connectivity index (χ2n) is 6.39. The second kappa shape index (κ2) is 7.44. The van der Waals surface area contributed by atoms with Crippen molar-refractivity contribution in [2.24, 2.45) is 0 Å². The number of carbonyl (C=O) groups excluding carboxylic acids is 2. The van der Waals surface area contributed by atoms with Crippen LogP contribution in [0.25, 0.3) is 5.76 Å². The fourth-order valence-electron chi connectivity index (χ4n) is 3.35. The maximum atomic E-state index is 12.9. The zero-order valence-electron chi connectivity index (χ0n) is 14.9. The Morgan fingerprint density at radius 3 is 2.32 bits per heavy atom. The summed E-state index contributed by atoms with van der Waals surface area (Å²) in [5.41, 5.74) is 1.90. The van der Waals surface area contributed by atoms with E-state index < -0.39 is 17.7 Å². The van der Waals surface area contributed by atoms with E-state index in [-0.39, 0.29) is 17.9 Å². The number of aliphatic hydroxyl groups excluding tert-OH is 1. The van der Waals surface area contributed by atoms with Gasteiger partial charge in [0.25, 0.3) is 11.7 Å². The standard InChI is InChI=1S/C22H17N3O3/c26-20(16-6-2-1-3-7-16)18-19(15-9-12-23-13-10-15)25(22(28)21(18)27)14-17-8-4-5-11-24-17/h1-13,19,26H,14H2/b20-18+. The first-order valence-electron chi connectivity index (χ1n) is 8.80. The molecule has 0 bridgehead atoms. The van der Waals surface area contributed by atoms with Crippen LogP contribution in [0.3, 0.4) is 0 Å². The molecule has 2 aromatic heterocycles. The van der Waals surface area contributed by atoms with Crippen molar-refractivity contribution in [3.05, 3.63) is 102 Å². The lowest BCUT2D eigenvalue weighted by molar-refractivity contribution is -0.140. The summed E-state index contributed by atoms with van der Waals surface area (Å²) in [4.78, 5) is 35.4. The molecule has 6 nitrogen and oxygen atoms in total. The van der Waals surface area contributed by atoms with Gasteiger partial charge in [0.2, 0.25) is 0 Å². The fraction of sp³-hybridized carbons (Fsp3) is 0.0909. The normalized spacial score (nSPS) is 18.4. The molecule has 1 aliphatic heterocycles. The van der Waals surface area contributed by atoms with Crippen molar-refractivity contribution in [1.82, 2.24) is 14.9 Å². The lowest BCUT2D eigenvalue weighted by atomic mass is 9.96. The third-order valence-electron chi connectivity index (χ3n) is 4.67. The highest BCUT2D eigenvalue weighted by atomic mass is 16.3. The maximum Gasteiger partial charge on any atom is 0.296 e. The van der Waals surface area contributed by atoms with E-state index in [0.717, 1.165) is 0 Å². The quantitative estimate of drug-likeness (QED) is 0.433. The number of Topliss-reactive ketones (excluding diaryl/α,β-unsaturated/α-hetero) is 1. The van der Waals surface area contributed by atoms with Gasteiger partial charge in [0.1, 0.15) is 5.76 Å². The van der Waals surface area contributed by atoms with Gasteiger partial charge in [0.15, 0.2) is 0 Å². The molecule has 138 valence electrons. The number of amides is 1. The second-order valence-corrected chi connectivity index (χ2v) is 6.39. The van der Waals surface area contributed by atoms with E-state index in [2.05, 4.69) is 9.97 Å². The Morgan fingerprint density at radius 2 is 1.64 bits per heavy atom. The first-order chi connectivity index (χ1) is 13.7. The zero-order valence-corrected chi connectivity index (χ0v) is 14.9. The first kappa shape index (κ1) is 17.6. The zero-order chi connectivity index (χ0) is 19.5. The van der Waals surface area contributed by atoms with Crippen molar-refractivity contribution >= 4 is 17.4 Å². The number of pyridine rings is 2. The van der Waals surface area contributed by atoms with Crippen molar-refractivity contribution in [2.75, 3.05) is 0 Å². The van der Waals surface area contributed by atoms with Crippen molar-refractivity contribution < 1.29 is 14.7 Å². The molecule has 1 aromatic carbocycles. The molecule has 3 heterocycles. The summed E-state index contributed by atoms with van der Waals surface area (Å²) >= 11 is 0. The summed E-state index contributed by atoms with van der Waals surface area (Å²) in [7, 11) is 0. The molecule has 28 heavy (non-hydrogen) atoms. The number of hydrogen-bond acceptors (Lipinski definition) is 5. The number of carbonyl (C=O) groups is 2. The van der Waals surface area contributed by atoms with Crippen LogP contribution in [-0.2, 0) is 16.1 Å². The molecule has 0 saturated carbocycles. The Balaban J connectivity index is 1.85. The predicted octanol–water partition coefficient (Wildman–Crippen LogP) is 3.10. The predicted molar refractivity (Wildman–Crippen MR) is 103 cm³/mol. The molecule has 1 atom stereocenters. The van der Waals surface area contributed by atoms with Crippen LogP contribution in [0.5, 0.6) is 0 Å². The van der Waals surface area contributed by atoms with Gasteiger partial charge in [0, 0.05) is 24.2 Å². The molecule has 1 fully saturated rings. The van der Waals surface area contributed by atoms with Gasteiger partial charge < -0.3 is 10.0 Å². The molecule has 6 heteroatoms. The molecule has 1 amide bonds. The van der Waals surface area contributed by atoms with E-state index in [9.17, 15) is 14.7 Å². The van der Waals surface area contributed by atoms with Gasteiger partial charge in [-0.15, -0.1) is 0 Å². The summed E-state index contributed by atoms with van der Waals surface area (Å²) in [5.74, 6) is -1.56. The third-order valence-corrected chi connectivity index (χ3v) is 4.67. The van der Waals surface area contributed by atoms with E-state index in [1.165, 1.54) is 4.90 Å². The highest BCUT2D eigenvalue weighted by Gasteiger charge is 2.46. The lowest BCUT2D eigenvalue weighted by Gasteiger charge is -2.24. The molecule has 1 aliphatic rings.